The van der Waals surface area contributed by atoms with Crippen LogP contribution in [0, 0.1) is 13.8 Å². The smallest absolute Gasteiger partial charge is 0.0347 e. The second-order valence-electron chi connectivity index (χ2n) is 4.85. The van der Waals surface area contributed by atoms with Crippen molar-refractivity contribution in [3.05, 3.63) is 29.3 Å². The Labute approximate surface area is 92.9 Å². The lowest BCUT2D eigenvalue weighted by molar-refractivity contribution is 0.526. The van der Waals surface area contributed by atoms with Crippen LogP contribution in [0.15, 0.2) is 18.2 Å². The van der Waals surface area contributed by atoms with Gasteiger partial charge < -0.3 is 11.1 Å². The molecule has 0 saturated heterocycles. The summed E-state index contributed by atoms with van der Waals surface area (Å²) >= 11 is 0. The predicted molar refractivity (Wildman–Crippen MR) is 67.3 cm³/mol. The molecule has 1 aromatic rings. The third-order valence-electron chi connectivity index (χ3n) is 2.76. The van der Waals surface area contributed by atoms with Crippen molar-refractivity contribution in [3.8, 4) is 0 Å². The van der Waals surface area contributed by atoms with Crippen molar-refractivity contribution in [1.82, 2.24) is 0 Å². The Hall–Kier alpha value is -1.02. The van der Waals surface area contributed by atoms with Crippen molar-refractivity contribution < 1.29 is 0 Å². The summed E-state index contributed by atoms with van der Waals surface area (Å²) in [4.78, 5) is 0. The van der Waals surface area contributed by atoms with E-state index in [0.717, 1.165) is 6.42 Å². The molecule has 1 rings (SSSR count). The van der Waals surface area contributed by atoms with Crippen molar-refractivity contribution in [2.24, 2.45) is 5.73 Å². The second-order valence-corrected chi connectivity index (χ2v) is 4.85. The summed E-state index contributed by atoms with van der Waals surface area (Å²) in [7, 11) is 0. The number of nitrogens with one attached hydrogen (secondary N) is 1. The minimum atomic E-state index is 0.0659. The van der Waals surface area contributed by atoms with Crippen molar-refractivity contribution in [2.45, 2.75) is 39.7 Å². The highest BCUT2D eigenvalue weighted by Crippen LogP contribution is 2.20. The van der Waals surface area contributed by atoms with Gasteiger partial charge in [0.25, 0.3) is 0 Å². The number of anilines is 1. The van der Waals surface area contributed by atoms with Crippen LogP contribution < -0.4 is 11.1 Å². The first-order valence-electron chi connectivity index (χ1n) is 5.50. The molecule has 0 aliphatic heterocycles. The Morgan fingerprint density at radius 3 is 2.40 bits per heavy atom. The minimum Gasteiger partial charge on any atom is -0.380 e. The highest BCUT2D eigenvalue weighted by atomic mass is 15.0. The predicted octanol–water partition coefficient (Wildman–Crippen LogP) is 2.84. The second kappa shape index (κ2) is 4.67. The molecule has 2 heteroatoms. The molecule has 0 aromatic heterocycles. The maximum Gasteiger partial charge on any atom is 0.0347 e. The first kappa shape index (κ1) is 12.1. The molecule has 0 saturated carbocycles. The van der Waals surface area contributed by atoms with E-state index in [4.69, 9.17) is 5.73 Å². The molecule has 0 amide bonds. The molecule has 0 spiro atoms. The van der Waals surface area contributed by atoms with Crippen LogP contribution in [0.3, 0.4) is 0 Å². The van der Waals surface area contributed by atoms with Gasteiger partial charge in [-0.05, 0) is 63.9 Å². The molecule has 0 aliphatic rings. The van der Waals surface area contributed by atoms with Crippen LogP contribution in [-0.4, -0.2) is 12.1 Å². The molecule has 0 radical (unpaired) electrons. The van der Waals surface area contributed by atoms with Gasteiger partial charge in [-0.3, -0.25) is 0 Å². The number of rotatable bonds is 4. The van der Waals surface area contributed by atoms with Crippen molar-refractivity contribution >= 4 is 5.69 Å². The fraction of sp³-hybridized carbons (Fsp3) is 0.538. The van der Waals surface area contributed by atoms with E-state index >= 15 is 0 Å². The van der Waals surface area contributed by atoms with Crippen LogP contribution in [0.4, 0.5) is 5.69 Å². The zero-order valence-electron chi connectivity index (χ0n) is 10.2. The molecule has 2 nitrogen and oxygen atoms in total. The van der Waals surface area contributed by atoms with E-state index in [9.17, 15) is 0 Å². The van der Waals surface area contributed by atoms with E-state index in [1.165, 1.54) is 16.8 Å². The van der Waals surface area contributed by atoms with Gasteiger partial charge in [-0.25, -0.2) is 0 Å². The average Bonchev–Trinajstić information content (AvgIpc) is 2.10. The largest absolute Gasteiger partial charge is 0.380 e. The molecule has 0 bridgehead atoms. The monoisotopic (exact) mass is 206 g/mol. The van der Waals surface area contributed by atoms with Gasteiger partial charge in [0.05, 0.1) is 0 Å². The SMILES string of the molecule is Cc1ccc(NC(C)(C)CCN)cc1C. The van der Waals surface area contributed by atoms with E-state index < -0.39 is 0 Å². The molecule has 0 aliphatic carbocycles. The third kappa shape index (κ3) is 3.56. The molecule has 1 aromatic carbocycles. The highest BCUT2D eigenvalue weighted by Gasteiger charge is 2.15. The Bertz CT molecular complexity index is 329. The Kier molecular flexibility index (Phi) is 3.75. The first-order chi connectivity index (χ1) is 6.94. The van der Waals surface area contributed by atoms with Gasteiger partial charge >= 0.3 is 0 Å². The van der Waals surface area contributed by atoms with Gasteiger partial charge in [0.1, 0.15) is 0 Å². The Balaban J connectivity index is 2.76. The van der Waals surface area contributed by atoms with Gasteiger partial charge in [-0.1, -0.05) is 6.07 Å². The first-order valence-corrected chi connectivity index (χ1v) is 5.50. The number of hydrogen-bond acceptors (Lipinski definition) is 2. The van der Waals surface area contributed by atoms with Gasteiger partial charge in [-0.2, -0.15) is 0 Å². The standard InChI is InChI=1S/C13H22N2/c1-10-5-6-12(9-11(10)2)15-13(3,4)7-8-14/h5-6,9,15H,7-8,14H2,1-4H3. The molecule has 3 N–H and O–H groups in total. The summed E-state index contributed by atoms with van der Waals surface area (Å²) in [5, 5.41) is 3.51. The van der Waals surface area contributed by atoms with Crippen LogP contribution in [0.25, 0.3) is 0 Å². The van der Waals surface area contributed by atoms with Crippen LogP contribution in [0.1, 0.15) is 31.4 Å². The summed E-state index contributed by atoms with van der Waals surface area (Å²) in [6.07, 6.45) is 0.972. The number of hydrogen-bond donors (Lipinski definition) is 2. The summed E-state index contributed by atoms with van der Waals surface area (Å²) in [6, 6.07) is 6.46. The van der Waals surface area contributed by atoms with E-state index in [2.05, 4.69) is 51.2 Å². The summed E-state index contributed by atoms with van der Waals surface area (Å²) < 4.78 is 0. The van der Waals surface area contributed by atoms with E-state index in [-0.39, 0.29) is 5.54 Å². The van der Waals surface area contributed by atoms with Crippen molar-refractivity contribution in [2.75, 3.05) is 11.9 Å². The van der Waals surface area contributed by atoms with Gasteiger partial charge in [0, 0.05) is 11.2 Å². The number of nitrogens with two attached hydrogens (primary N) is 1. The molecule has 84 valence electrons. The van der Waals surface area contributed by atoms with Crippen LogP contribution in [0.5, 0.6) is 0 Å². The zero-order chi connectivity index (χ0) is 11.5. The molecule has 15 heavy (non-hydrogen) atoms. The average molecular weight is 206 g/mol. The van der Waals surface area contributed by atoms with E-state index in [0.29, 0.717) is 6.54 Å². The lowest BCUT2D eigenvalue weighted by Crippen LogP contribution is -2.33. The van der Waals surface area contributed by atoms with E-state index in [1.54, 1.807) is 0 Å². The lowest BCUT2D eigenvalue weighted by Gasteiger charge is -2.27. The summed E-state index contributed by atoms with van der Waals surface area (Å²) in [6.45, 7) is 9.33. The van der Waals surface area contributed by atoms with Crippen LogP contribution in [-0.2, 0) is 0 Å². The highest BCUT2D eigenvalue weighted by molar-refractivity contribution is 5.49. The number of benzene rings is 1. The summed E-state index contributed by atoms with van der Waals surface area (Å²) in [5.74, 6) is 0. The molecular weight excluding hydrogens is 184 g/mol. The van der Waals surface area contributed by atoms with Gasteiger partial charge in [0.15, 0.2) is 0 Å². The fourth-order valence-corrected chi connectivity index (χ4v) is 1.63. The quantitative estimate of drug-likeness (QED) is 0.795. The maximum absolute atomic E-state index is 5.58. The minimum absolute atomic E-state index is 0.0659. The van der Waals surface area contributed by atoms with Crippen molar-refractivity contribution in [3.63, 3.8) is 0 Å². The molecule has 0 atom stereocenters. The van der Waals surface area contributed by atoms with Gasteiger partial charge in [-0.15, -0.1) is 0 Å². The lowest BCUT2D eigenvalue weighted by atomic mass is 9.99. The molecular formula is C13H22N2. The maximum atomic E-state index is 5.58. The van der Waals surface area contributed by atoms with E-state index in [1.807, 2.05) is 0 Å². The number of aryl methyl sites for hydroxylation is 2. The third-order valence-corrected chi connectivity index (χ3v) is 2.76. The molecule has 0 unspecified atom stereocenters. The molecule has 0 heterocycles. The summed E-state index contributed by atoms with van der Waals surface area (Å²) in [5.41, 5.74) is 9.48. The van der Waals surface area contributed by atoms with Crippen LogP contribution in [0.2, 0.25) is 0 Å². The topological polar surface area (TPSA) is 38.0 Å². The van der Waals surface area contributed by atoms with Gasteiger partial charge in [0.2, 0.25) is 0 Å². The Morgan fingerprint density at radius 2 is 1.87 bits per heavy atom. The fourth-order valence-electron chi connectivity index (χ4n) is 1.63. The normalized spacial score (nSPS) is 11.5. The molecule has 0 fully saturated rings. The van der Waals surface area contributed by atoms with Crippen LogP contribution >= 0.6 is 0 Å². The zero-order valence-corrected chi connectivity index (χ0v) is 10.2. The van der Waals surface area contributed by atoms with Crippen molar-refractivity contribution in [1.29, 1.82) is 0 Å². The Morgan fingerprint density at radius 1 is 1.20 bits per heavy atom.